The summed E-state index contributed by atoms with van der Waals surface area (Å²) in [6, 6.07) is 0. The molecule has 22 heavy (non-hydrogen) atoms. The fourth-order valence-electron chi connectivity index (χ4n) is 2.79. The van der Waals surface area contributed by atoms with E-state index >= 15 is 0 Å². The molecule has 0 atom stereocenters. The van der Waals surface area contributed by atoms with Crippen LogP contribution in [0.2, 0.25) is 0 Å². The van der Waals surface area contributed by atoms with Gasteiger partial charge >= 0.3 is 0 Å². The van der Waals surface area contributed by atoms with Crippen LogP contribution < -0.4 is 11.5 Å². The molecule has 6 nitrogen and oxygen atoms in total. The van der Waals surface area contributed by atoms with E-state index in [0.29, 0.717) is 18.0 Å². The van der Waals surface area contributed by atoms with Crippen LogP contribution in [-0.4, -0.2) is 16.1 Å². The second-order valence-corrected chi connectivity index (χ2v) is 5.33. The van der Waals surface area contributed by atoms with E-state index in [0.717, 1.165) is 47.3 Å². The number of rotatable bonds is 4. The third kappa shape index (κ3) is 2.32. The molecule has 0 radical (unpaired) electrons. The number of carbonyl (C=O) groups excluding carboxylic acids is 1. The Morgan fingerprint density at radius 2 is 2.32 bits per heavy atom. The number of fused-ring (bicyclic) bond motifs is 3. The van der Waals surface area contributed by atoms with Crippen LogP contribution in [0.5, 0.6) is 0 Å². The van der Waals surface area contributed by atoms with Crippen LogP contribution >= 0.6 is 0 Å². The molecule has 1 aliphatic rings. The second-order valence-electron chi connectivity index (χ2n) is 5.33. The minimum absolute atomic E-state index is 0.389. The van der Waals surface area contributed by atoms with Crippen LogP contribution in [0, 0.1) is 6.92 Å². The normalized spacial score (nSPS) is 14.1. The lowest BCUT2D eigenvalue weighted by molar-refractivity contribution is 0.109. The molecule has 4 N–H and O–H groups in total. The Bertz CT molecular complexity index is 780. The van der Waals surface area contributed by atoms with Crippen LogP contribution in [-0.2, 0) is 19.4 Å². The molecule has 0 amide bonds. The molecule has 0 bridgehead atoms. The van der Waals surface area contributed by atoms with Gasteiger partial charge in [-0.1, -0.05) is 0 Å². The van der Waals surface area contributed by atoms with Crippen molar-refractivity contribution >= 4 is 6.29 Å². The van der Waals surface area contributed by atoms with Crippen LogP contribution in [0.25, 0.3) is 11.3 Å². The van der Waals surface area contributed by atoms with Crippen molar-refractivity contribution in [3.63, 3.8) is 0 Å². The van der Waals surface area contributed by atoms with Gasteiger partial charge in [-0.25, -0.2) is 0 Å². The van der Waals surface area contributed by atoms with E-state index < -0.39 is 0 Å². The summed E-state index contributed by atoms with van der Waals surface area (Å²) in [6.45, 7) is 2.38. The fourth-order valence-corrected chi connectivity index (χ4v) is 2.79. The zero-order valence-electron chi connectivity index (χ0n) is 12.4. The van der Waals surface area contributed by atoms with Gasteiger partial charge in [0.05, 0.1) is 12.2 Å². The first-order valence-electron chi connectivity index (χ1n) is 7.11. The highest BCUT2D eigenvalue weighted by atomic mass is 16.3. The van der Waals surface area contributed by atoms with Crippen LogP contribution in [0.1, 0.15) is 27.4 Å². The van der Waals surface area contributed by atoms with Crippen molar-refractivity contribution in [2.24, 2.45) is 11.5 Å². The molecule has 0 unspecified atom stereocenters. The first-order chi connectivity index (χ1) is 10.6. The standard InChI is InChI=1S/C16H18N4O2/c1-10-14(9-21)22-13-5-4-11-7-20(19-16(11)15(10)13)8-12(18)3-2-6-17/h2-3,6-7,9H,4-5,8,17-18H2,1H3/b6-2-,12-3-. The lowest BCUT2D eigenvalue weighted by Gasteiger charge is -2.09. The number of allylic oxidation sites excluding steroid dienone is 3. The summed E-state index contributed by atoms with van der Waals surface area (Å²) in [4.78, 5) is 11.0. The number of aryl methyl sites for hydroxylation is 2. The monoisotopic (exact) mass is 298 g/mol. The Morgan fingerprint density at radius 3 is 3.05 bits per heavy atom. The van der Waals surface area contributed by atoms with Gasteiger partial charge in [-0.2, -0.15) is 5.10 Å². The molecular weight excluding hydrogens is 280 g/mol. The zero-order chi connectivity index (χ0) is 15.7. The number of aldehydes is 1. The van der Waals surface area contributed by atoms with Gasteiger partial charge in [-0.15, -0.1) is 0 Å². The van der Waals surface area contributed by atoms with Gasteiger partial charge in [0.25, 0.3) is 0 Å². The average molecular weight is 298 g/mol. The van der Waals surface area contributed by atoms with Crippen molar-refractivity contribution in [3.05, 3.63) is 52.9 Å². The van der Waals surface area contributed by atoms with E-state index in [4.69, 9.17) is 15.9 Å². The van der Waals surface area contributed by atoms with Crippen molar-refractivity contribution < 1.29 is 9.21 Å². The van der Waals surface area contributed by atoms with E-state index in [2.05, 4.69) is 5.10 Å². The molecule has 2 aromatic rings. The molecule has 3 rings (SSSR count). The number of furan rings is 1. The fraction of sp³-hybridized carbons (Fsp3) is 0.250. The highest BCUT2D eigenvalue weighted by Gasteiger charge is 2.27. The maximum Gasteiger partial charge on any atom is 0.185 e. The molecule has 0 saturated heterocycles. The molecule has 6 heteroatoms. The molecule has 0 fully saturated rings. The Balaban J connectivity index is 1.97. The van der Waals surface area contributed by atoms with Crippen molar-refractivity contribution in [2.45, 2.75) is 26.3 Å². The average Bonchev–Trinajstić information content (AvgIpc) is 3.05. The second kappa shape index (κ2) is 5.55. The van der Waals surface area contributed by atoms with Crippen LogP contribution in [0.4, 0.5) is 0 Å². The summed E-state index contributed by atoms with van der Waals surface area (Å²) in [5.41, 5.74) is 15.7. The van der Waals surface area contributed by atoms with Crippen LogP contribution in [0.3, 0.4) is 0 Å². The Hall–Kier alpha value is -2.76. The SMILES string of the molecule is Cc1c(C=O)oc2c1-c1nn(C/C(N)=C/C=C\N)cc1CC2. The van der Waals surface area contributed by atoms with Crippen molar-refractivity contribution in [1.82, 2.24) is 9.78 Å². The number of nitrogens with two attached hydrogens (primary N) is 2. The molecule has 2 heterocycles. The first-order valence-corrected chi connectivity index (χ1v) is 7.11. The molecule has 0 aliphatic heterocycles. The summed E-state index contributed by atoms with van der Waals surface area (Å²) in [7, 11) is 0. The number of nitrogens with zero attached hydrogens (tertiary/aromatic N) is 2. The Morgan fingerprint density at radius 1 is 1.50 bits per heavy atom. The van der Waals surface area contributed by atoms with E-state index in [1.54, 1.807) is 12.2 Å². The summed E-state index contributed by atoms with van der Waals surface area (Å²) >= 11 is 0. The minimum Gasteiger partial charge on any atom is -0.457 e. The van der Waals surface area contributed by atoms with Crippen molar-refractivity contribution in [2.75, 3.05) is 0 Å². The van der Waals surface area contributed by atoms with E-state index in [-0.39, 0.29) is 0 Å². The minimum atomic E-state index is 0.389. The maximum atomic E-state index is 11.0. The first kappa shape index (κ1) is 14.2. The van der Waals surface area contributed by atoms with Gasteiger partial charge in [0.1, 0.15) is 5.76 Å². The summed E-state index contributed by atoms with van der Waals surface area (Å²) in [5, 5.41) is 4.61. The number of carbonyl (C=O) groups is 1. The predicted octanol–water partition coefficient (Wildman–Crippen LogP) is 1.68. The zero-order valence-corrected chi connectivity index (χ0v) is 12.4. The van der Waals surface area contributed by atoms with E-state index in [1.165, 1.54) is 6.20 Å². The van der Waals surface area contributed by atoms with Gasteiger partial charge in [0.15, 0.2) is 12.0 Å². The molecule has 0 aromatic carbocycles. The highest BCUT2D eigenvalue weighted by molar-refractivity contribution is 5.81. The molecular formula is C16H18N4O2. The quantitative estimate of drug-likeness (QED) is 0.660. The highest BCUT2D eigenvalue weighted by Crippen LogP contribution is 2.37. The Labute approximate surface area is 128 Å². The van der Waals surface area contributed by atoms with Crippen molar-refractivity contribution in [1.29, 1.82) is 0 Å². The lowest BCUT2D eigenvalue weighted by atomic mass is 9.94. The van der Waals surface area contributed by atoms with Gasteiger partial charge in [0, 0.05) is 29.4 Å². The third-order valence-electron chi connectivity index (χ3n) is 3.83. The van der Waals surface area contributed by atoms with Crippen molar-refractivity contribution in [3.8, 4) is 11.3 Å². The molecule has 0 spiro atoms. The maximum absolute atomic E-state index is 11.0. The number of hydrogen-bond donors (Lipinski definition) is 2. The molecule has 114 valence electrons. The van der Waals surface area contributed by atoms with Gasteiger partial charge in [0.2, 0.25) is 0 Å². The number of hydrogen-bond acceptors (Lipinski definition) is 5. The molecule has 0 saturated carbocycles. The van der Waals surface area contributed by atoms with Crippen LogP contribution in [0.15, 0.2) is 34.7 Å². The predicted molar refractivity (Wildman–Crippen MR) is 83.1 cm³/mol. The third-order valence-corrected chi connectivity index (χ3v) is 3.83. The summed E-state index contributed by atoms with van der Waals surface area (Å²) < 4.78 is 7.42. The smallest absolute Gasteiger partial charge is 0.185 e. The number of aromatic nitrogens is 2. The van der Waals surface area contributed by atoms with E-state index in [1.807, 2.05) is 17.8 Å². The largest absolute Gasteiger partial charge is 0.457 e. The van der Waals surface area contributed by atoms with E-state index in [9.17, 15) is 4.79 Å². The van der Waals surface area contributed by atoms with Gasteiger partial charge in [-0.3, -0.25) is 9.48 Å². The van der Waals surface area contributed by atoms with Gasteiger partial charge < -0.3 is 15.9 Å². The summed E-state index contributed by atoms with van der Waals surface area (Å²) in [6.07, 6.45) is 9.25. The Kier molecular flexibility index (Phi) is 3.58. The van der Waals surface area contributed by atoms with Gasteiger partial charge in [-0.05, 0) is 37.3 Å². The molecule has 2 aromatic heterocycles. The molecule has 1 aliphatic carbocycles. The lowest BCUT2D eigenvalue weighted by Crippen LogP contribution is -2.08. The summed E-state index contributed by atoms with van der Waals surface area (Å²) in [5.74, 6) is 1.23. The topological polar surface area (TPSA) is 100 Å².